The zero-order valence-corrected chi connectivity index (χ0v) is 18.0. The highest BCUT2D eigenvalue weighted by Gasteiger charge is 2.32. The van der Waals surface area contributed by atoms with Gasteiger partial charge < -0.3 is 19.7 Å². The molecule has 2 saturated heterocycles. The Balaban J connectivity index is 1.57. The van der Waals surface area contributed by atoms with E-state index in [1.54, 1.807) is 11.3 Å². The monoisotopic (exact) mass is 394 g/mol. The van der Waals surface area contributed by atoms with Crippen LogP contribution in [0, 0.1) is 0 Å². The third-order valence-corrected chi connectivity index (χ3v) is 5.92. The number of ether oxygens (including phenoxy) is 2. The lowest BCUT2D eigenvalue weighted by Crippen LogP contribution is -2.53. The van der Waals surface area contributed by atoms with E-state index < -0.39 is 0 Å². The minimum Gasteiger partial charge on any atom is -0.375 e. The van der Waals surface area contributed by atoms with Crippen LogP contribution in [0.15, 0.2) is 10.4 Å². The predicted octanol–water partition coefficient (Wildman–Crippen LogP) is 2.83. The van der Waals surface area contributed by atoms with Crippen LogP contribution in [0.2, 0.25) is 0 Å². The van der Waals surface area contributed by atoms with Gasteiger partial charge in [-0.1, -0.05) is 20.8 Å². The van der Waals surface area contributed by atoms with Crippen LogP contribution < -0.4 is 5.32 Å². The van der Waals surface area contributed by atoms with Gasteiger partial charge in [-0.05, 0) is 19.8 Å². The zero-order chi connectivity index (χ0) is 19.3. The molecule has 2 aliphatic rings. The van der Waals surface area contributed by atoms with Crippen molar-refractivity contribution in [1.82, 2.24) is 15.2 Å². The Bertz CT molecular complexity index is 620. The van der Waals surface area contributed by atoms with Crippen LogP contribution in [0.5, 0.6) is 0 Å². The first kappa shape index (κ1) is 20.6. The highest BCUT2D eigenvalue weighted by Crippen LogP contribution is 2.24. The van der Waals surface area contributed by atoms with Crippen molar-refractivity contribution in [1.29, 1.82) is 0 Å². The Morgan fingerprint density at radius 3 is 2.81 bits per heavy atom. The molecule has 0 bridgehead atoms. The molecule has 2 atom stereocenters. The first-order valence-electron chi connectivity index (χ1n) is 10.2. The number of hydrogen-bond acceptors (Lipinski definition) is 5. The van der Waals surface area contributed by atoms with Gasteiger partial charge >= 0.3 is 0 Å². The molecule has 27 heavy (non-hydrogen) atoms. The molecule has 1 aromatic heterocycles. The standard InChI is InChI=1S/C20H34N4O2S/c1-5-21-19(22-9-8-18-23-17(14-27-18)20(2,3)4)24-10-12-26-16(13-24)15-7-6-11-25-15/h14-16H,5-13H2,1-4H3,(H,21,22). The van der Waals surface area contributed by atoms with Crippen LogP contribution in [0.1, 0.15) is 51.2 Å². The molecule has 0 aromatic carbocycles. The number of nitrogens with zero attached hydrogens (tertiary/aromatic N) is 3. The van der Waals surface area contributed by atoms with E-state index in [2.05, 4.69) is 43.3 Å². The lowest BCUT2D eigenvalue weighted by Gasteiger charge is -2.37. The predicted molar refractivity (Wildman–Crippen MR) is 111 cm³/mol. The van der Waals surface area contributed by atoms with Crippen molar-refractivity contribution >= 4 is 17.3 Å². The van der Waals surface area contributed by atoms with E-state index in [0.717, 1.165) is 64.6 Å². The summed E-state index contributed by atoms with van der Waals surface area (Å²) in [4.78, 5) is 12.0. The largest absolute Gasteiger partial charge is 0.375 e. The number of hydrogen-bond donors (Lipinski definition) is 1. The molecule has 0 spiro atoms. The first-order valence-corrected chi connectivity index (χ1v) is 11.1. The second-order valence-electron chi connectivity index (χ2n) is 8.27. The maximum Gasteiger partial charge on any atom is 0.194 e. The number of aliphatic imine (C=N–C) groups is 1. The fourth-order valence-electron chi connectivity index (χ4n) is 3.44. The molecular weight excluding hydrogens is 360 g/mol. The van der Waals surface area contributed by atoms with Gasteiger partial charge in [-0.3, -0.25) is 4.99 Å². The third kappa shape index (κ3) is 5.65. The van der Waals surface area contributed by atoms with E-state index in [0.29, 0.717) is 0 Å². The van der Waals surface area contributed by atoms with Crippen LogP contribution in [-0.4, -0.2) is 67.4 Å². The van der Waals surface area contributed by atoms with E-state index in [4.69, 9.17) is 19.5 Å². The molecule has 6 nitrogen and oxygen atoms in total. The van der Waals surface area contributed by atoms with Gasteiger partial charge in [0.25, 0.3) is 0 Å². The van der Waals surface area contributed by atoms with Crippen molar-refractivity contribution in [3.8, 4) is 0 Å². The summed E-state index contributed by atoms with van der Waals surface area (Å²) in [6.07, 6.45) is 3.52. The van der Waals surface area contributed by atoms with Crippen LogP contribution in [0.3, 0.4) is 0 Å². The van der Waals surface area contributed by atoms with Crippen LogP contribution in [0.4, 0.5) is 0 Å². The van der Waals surface area contributed by atoms with Gasteiger partial charge in [0.1, 0.15) is 6.10 Å². The average Bonchev–Trinajstić information content (AvgIpc) is 3.33. The van der Waals surface area contributed by atoms with Crippen molar-refractivity contribution in [3.05, 3.63) is 16.1 Å². The van der Waals surface area contributed by atoms with E-state index >= 15 is 0 Å². The molecule has 2 unspecified atom stereocenters. The van der Waals surface area contributed by atoms with Crippen molar-refractivity contribution in [2.24, 2.45) is 4.99 Å². The van der Waals surface area contributed by atoms with Crippen LogP contribution >= 0.6 is 11.3 Å². The molecule has 0 saturated carbocycles. The highest BCUT2D eigenvalue weighted by atomic mass is 32.1. The fraction of sp³-hybridized carbons (Fsp3) is 0.800. The van der Waals surface area contributed by atoms with E-state index in [1.807, 2.05) is 0 Å². The van der Waals surface area contributed by atoms with Gasteiger partial charge in [0, 0.05) is 50.0 Å². The minimum atomic E-state index is 0.109. The summed E-state index contributed by atoms with van der Waals surface area (Å²) in [6.45, 7) is 13.7. The normalized spacial score (nSPS) is 24.4. The van der Waals surface area contributed by atoms with Gasteiger partial charge in [0.2, 0.25) is 0 Å². The molecule has 1 aromatic rings. The molecule has 3 rings (SSSR count). The van der Waals surface area contributed by atoms with Crippen LogP contribution in [0.25, 0.3) is 0 Å². The minimum absolute atomic E-state index is 0.109. The smallest absolute Gasteiger partial charge is 0.194 e. The quantitative estimate of drug-likeness (QED) is 0.615. The molecule has 7 heteroatoms. The molecule has 1 N–H and O–H groups in total. The Morgan fingerprint density at radius 2 is 2.15 bits per heavy atom. The maximum absolute atomic E-state index is 5.97. The fourth-order valence-corrected chi connectivity index (χ4v) is 4.46. The first-order chi connectivity index (χ1) is 13.0. The van der Waals surface area contributed by atoms with E-state index in [1.165, 1.54) is 10.7 Å². The Morgan fingerprint density at radius 1 is 1.33 bits per heavy atom. The lowest BCUT2D eigenvalue weighted by atomic mass is 9.93. The molecule has 2 aliphatic heterocycles. The van der Waals surface area contributed by atoms with Gasteiger partial charge in [0.15, 0.2) is 5.96 Å². The van der Waals surface area contributed by atoms with Crippen molar-refractivity contribution < 1.29 is 9.47 Å². The van der Waals surface area contributed by atoms with Crippen molar-refractivity contribution in [2.45, 2.75) is 64.6 Å². The second-order valence-corrected chi connectivity index (χ2v) is 9.21. The topological polar surface area (TPSA) is 59.0 Å². The number of thiazole rings is 1. The second kappa shape index (κ2) is 9.34. The van der Waals surface area contributed by atoms with Crippen LogP contribution in [-0.2, 0) is 21.3 Å². The Hall–Kier alpha value is -1.18. The summed E-state index contributed by atoms with van der Waals surface area (Å²) >= 11 is 1.74. The molecule has 0 aliphatic carbocycles. The number of nitrogens with one attached hydrogen (secondary N) is 1. The lowest BCUT2D eigenvalue weighted by molar-refractivity contribution is -0.0817. The molecule has 152 valence electrons. The summed E-state index contributed by atoms with van der Waals surface area (Å²) in [7, 11) is 0. The number of rotatable bonds is 5. The highest BCUT2D eigenvalue weighted by molar-refractivity contribution is 7.09. The van der Waals surface area contributed by atoms with E-state index in [9.17, 15) is 0 Å². The summed E-state index contributed by atoms with van der Waals surface area (Å²) in [5.41, 5.74) is 1.28. The summed E-state index contributed by atoms with van der Waals surface area (Å²) < 4.78 is 11.8. The van der Waals surface area contributed by atoms with Gasteiger partial charge in [-0.15, -0.1) is 11.3 Å². The van der Waals surface area contributed by atoms with Crippen molar-refractivity contribution in [2.75, 3.05) is 39.4 Å². The Kier molecular flexibility index (Phi) is 7.11. The van der Waals surface area contributed by atoms with Gasteiger partial charge in [0.05, 0.1) is 23.4 Å². The molecule has 3 heterocycles. The van der Waals surface area contributed by atoms with Gasteiger partial charge in [-0.2, -0.15) is 0 Å². The average molecular weight is 395 g/mol. The number of guanidine groups is 1. The summed E-state index contributed by atoms with van der Waals surface area (Å²) in [6, 6.07) is 0. The molecule has 2 fully saturated rings. The summed E-state index contributed by atoms with van der Waals surface area (Å²) in [5.74, 6) is 0.983. The third-order valence-electron chi connectivity index (χ3n) is 5.01. The summed E-state index contributed by atoms with van der Waals surface area (Å²) in [5, 5.41) is 6.79. The number of morpholine rings is 1. The number of aromatic nitrogens is 1. The SMILES string of the molecule is CCNC(=NCCc1nc(C(C)(C)C)cs1)N1CCOC(C2CCCO2)C1. The Labute approximate surface area is 167 Å². The van der Waals surface area contributed by atoms with Crippen molar-refractivity contribution in [3.63, 3.8) is 0 Å². The molecule has 0 radical (unpaired) electrons. The molecular formula is C20H34N4O2S. The van der Waals surface area contributed by atoms with Gasteiger partial charge in [-0.25, -0.2) is 4.98 Å². The van der Waals surface area contributed by atoms with E-state index in [-0.39, 0.29) is 17.6 Å². The molecule has 0 amide bonds. The zero-order valence-electron chi connectivity index (χ0n) is 17.2. The maximum atomic E-state index is 5.97.